The molecule has 5 heteroatoms. The molecule has 0 bridgehead atoms. The number of rotatable bonds is 6. The van der Waals surface area contributed by atoms with Crippen LogP contribution in [-0.2, 0) is 4.74 Å². The van der Waals surface area contributed by atoms with E-state index in [2.05, 4.69) is 5.32 Å². The average molecular weight is 251 g/mol. The van der Waals surface area contributed by atoms with Gasteiger partial charge < -0.3 is 15.2 Å². The van der Waals surface area contributed by atoms with Crippen molar-refractivity contribution in [3.63, 3.8) is 0 Å². The van der Waals surface area contributed by atoms with Gasteiger partial charge >= 0.3 is 5.97 Å². The van der Waals surface area contributed by atoms with Crippen LogP contribution in [0.15, 0.2) is 24.3 Å². The Morgan fingerprint density at radius 2 is 1.94 bits per heavy atom. The molecule has 1 rings (SSSR count). The highest BCUT2D eigenvalue weighted by molar-refractivity contribution is 6.04. The van der Waals surface area contributed by atoms with Gasteiger partial charge in [-0.05, 0) is 25.5 Å². The summed E-state index contributed by atoms with van der Waals surface area (Å²) >= 11 is 0. The van der Waals surface area contributed by atoms with Crippen LogP contribution < -0.4 is 5.32 Å². The number of benzene rings is 1. The third-order valence-corrected chi connectivity index (χ3v) is 2.53. The lowest BCUT2D eigenvalue weighted by molar-refractivity contribution is 0.0690. The molecular weight excluding hydrogens is 234 g/mol. The largest absolute Gasteiger partial charge is 0.478 e. The summed E-state index contributed by atoms with van der Waals surface area (Å²) in [4.78, 5) is 22.9. The van der Waals surface area contributed by atoms with Crippen LogP contribution in [0, 0.1) is 0 Å². The average Bonchev–Trinajstić information content (AvgIpc) is 2.36. The summed E-state index contributed by atoms with van der Waals surface area (Å²) in [7, 11) is 1.59. The van der Waals surface area contributed by atoms with Gasteiger partial charge in [-0.1, -0.05) is 12.1 Å². The molecule has 0 fully saturated rings. The predicted molar refractivity (Wildman–Crippen MR) is 66.8 cm³/mol. The molecule has 1 atom stereocenters. The first-order valence-corrected chi connectivity index (χ1v) is 5.68. The summed E-state index contributed by atoms with van der Waals surface area (Å²) in [6.45, 7) is 2.39. The van der Waals surface area contributed by atoms with E-state index in [0.717, 1.165) is 0 Å². The van der Waals surface area contributed by atoms with Crippen molar-refractivity contribution in [3.05, 3.63) is 35.4 Å². The lowest BCUT2D eigenvalue weighted by atomic mass is 10.1. The van der Waals surface area contributed by atoms with Gasteiger partial charge in [0.1, 0.15) is 0 Å². The molecule has 1 aromatic carbocycles. The van der Waals surface area contributed by atoms with Crippen LogP contribution in [0.4, 0.5) is 0 Å². The number of carbonyl (C=O) groups is 2. The molecule has 0 spiro atoms. The van der Waals surface area contributed by atoms with Crippen molar-refractivity contribution < 1.29 is 19.4 Å². The first kappa shape index (κ1) is 14.2. The summed E-state index contributed by atoms with van der Waals surface area (Å²) in [5, 5.41) is 11.7. The maximum absolute atomic E-state index is 11.9. The molecule has 2 N–H and O–H groups in total. The Balaban J connectivity index is 2.75. The first-order chi connectivity index (χ1) is 8.56. The number of ether oxygens (including phenoxy) is 1. The zero-order valence-electron chi connectivity index (χ0n) is 10.5. The van der Waals surface area contributed by atoms with E-state index in [1.165, 1.54) is 12.1 Å². The topological polar surface area (TPSA) is 75.6 Å². The van der Waals surface area contributed by atoms with Crippen molar-refractivity contribution in [2.24, 2.45) is 0 Å². The van der Waals surface area contributed by atoms with Gasteiger partial charge in [-0.25, -0.2) is 4.79 Å². The Bertz CT molecular complexity index is 431. The fourth-order valence-corrected chi connectivity index (χ4v) is 1.54. The second-order valence-corrected chi connectivity index (χ2v) is 4.01. The van der Waals surface area contributed by atoms with E-state index in [0.29, 0.717) is 13.0 Å². The monoisotopic (exact) mass is 251 g/mol. The Kier molecular flexibility index (Phi) is 5.32. The Morgan fingerprint density at radius 1 is 1.33 bits per heavy atom. The number of carbonyl (C=O) groups excluding carboxylic acids is 1. The standard InChI is InChI=1S/C13H17NO4/c1-9(7-8-18-2)14-12(15)10-5-3-4-6-11(10)13(16)17/h3-6,9H,7-8H2,1-2H3,(H,14,15)(H,16,17). The molecule has 0 aliphatic heterocycles. The van der Waals surface area contributed by atoms with Crippen molar-refractivity contribution in [2.75, 3.05) is 13.7 Å². The molecule has 18 heavy (non-hydrogen) atoms. The predicted octanol–water partition coefficient (Wildman–Crippen LogP) is 1.54. The summed E-state index contributed by atoms with van der Waals surface area (Å²) in [5.74, 6) is -1.48. The van der Waals surface area contributed by atoms with Crippen molar-refractivity contribution in [3.8, 4) is 0 Å². The number of nitrogens with one attached hydrogen (secondary N) is 1. The van der Waals surface area contributed by atoms with Crippen molar-refractivity contribution in [1.82, 2.24) is 5.32 Å². The van der Waals surface area contributed by atoms with Gasteiger partial charge in [0.05, 0.1) is 11.1 Å². The van der Waals surface area contributed by atoms with Gasteiger partial charge in [0.25, 0.3) is 5.91 Å². The zero-order valence-corrected chi connectivity index (χ0v) is 10.5. The van der Waals surface area contributed by atoms with Gasteiger partial charge in [0, 0.05) is 19.8 Å². The number of aromatic carboxylic acids is 1. The van der Waals surface area contributed by atoms with Crippen molar-refractivity contribution >= 4 is 11.9 Å². The first-order valence-electron chi connectivity index (χ1n) is 5.68. The third-order valence-electron chi connectivity index (χ3n) is 2.53. The Labute approximate surface area is 106 Å². The highest BCUT2D eigenvalue weighted by atomic mass is 16.5. The Morgan fingerprint density at radius 3 is 2.50 bits per heavy atom. The van der Waals surface area contributed by atoms with E-state index < -0.39 is 5.97 Å². The van der Waals surface area contributed by atoms with Gasteiger partial charge in [-0.3, -0.25) is 4.79 Å². The molecule has 0 heterocycles. The van der Waals surface area contributed by atoms with E-state index >= 15 is 0 Å². The van der Waals surface area contributed by atoms with Gasteiger partial charge in [-0.2, -0.15) is 0 Å². The van der Waals surface area contributed by atoms with Crippen LogP contribution in [0.25, 0.3) is 0 Å². The molecule has 0 aromatic heterocycles. The highest BCUT2D eigenvalue weighted by Crippen LogP contribution is 2.09. The summed E-state index contributed by atoms with van der Waals surface area (Å²) in [6.07, 6.45) is 0.678. The second-order valence-electron chi connectivity index (χ2n) is 4.01. The number of amides is 1. The second kappa shape index (κ2) is 6.76. The number of hydrogen-bond acceptors (Lipinski definition) is 3. The minimum Gasteiger partial charge on any atom is -0.478 e. The van der Waals surface area contributed by atoms with E-state index in [1.807, 2.05) is 6.92 Å². The summed E-state index contributed by atoms with van der Waals surface area (Å²) < 4.78 is 4.92. The van der Waals surface area contributed by atoms with Crippen LogP contribution in [0.2, 0.25) is 0 Å². The maximum Gasteiger partial charge on any atom is 0.336 e. The molecule has 1 amide bonds. The lowest BCUT2D eigenvalue weighted by Gasteiger charge is -2.14. The third kappa shape index (κ3) is 3.85. The van der Waals surface area contributed by atoms with E-state index in [1.54, 1.807) is 19.2 Å². The molecule has 0 saturated carbocycles. The Hall–Kier alpha value is -1.88. The number of methoxy groups -OCH3 is 1. The van der Waals surface area contributed by atoms with Crippen LogP contribution in [-0.4, -0.2) is 36.7 Å². The quantitative estimate of drug-likeness (QED) is 0.804. The fraction of sp³-hybridized carbons (Fsp3) is 0.385. The van der Waals surface area contributed by atoms with Crippen molar-refractivity contribution in [2.45, 2.75) is 19.4 Å². The summed E-state index contributed by atoms with van der Waals surface area (Å²) in [5.41, 5.74) is 0.184. The summed E-state index contributed by atoms with van der Waals surface area (Å²) in [6, 6.07) is 6.08. The molecule has 98 valence electrons. The minimum atomic E-state index is -1.11. The van der Waals surface area contributed by atoms with Crippen LogP contribution in [0.1, 0.15) is 34.1 Å². The number of hydrogen-bond donors (Lipinski definition) is 2. The fourth-order valence-electron chi connectivity index (χ4n) is 1.54. The number of carboxylic acids is 1. The molecule has 5 nitrogen and oxygen atoms in total. The van der Waals surface area contributed by atoms with E-state index in [-0.39, 0.29) is 23.1 Å². The molecular formula is C13H17NO4. The SMILES string of the molecule is COCCC(C)NC(=O)c1ccccc1C(=O)O. The van der Waals surface area contributed by atoms with E-state index in [9.17, 15) is 9.59 Å². The van der Waals surface area contributed by atoms with Gasteiger partial charge in [0.2, 0.25) is 0 Å². The molecule has 1 aromatic rings. The smallest absolute Gasteiger partial charge is 0.336 e. The lowest BCUT2D eigenvalue weighted by Crippen LogP contribution is -2.34. The van der Waals surface area contributed by atoms with Crippen LogP contribution >= 0.6 is 0 Å². The molecule has 1 unspecified atom stereocenters. The maximum atomic E-state index is 11.9. The normalized spacial score (nSPS) is 11.9. The molecule has 0 aliphatic carbocycles. The molecule has 0 saturated heterocycles. The van der Waals surface area contributed by atoms with Crippen LogP contribution in [0.5, 0.6) is 0 Å². The zero-order chi connectivity index (χ0) is 13.5. The van der Waals surface area contributed by atoms with Gasteiger partial charge in [0.15, 0.2) is 0 Å². The highest BCUT2D eigenvalue weighted by Gasteiger charge is 2.16. The minimum absolute atomic E-state index is 0.00828. The number of carboxylic acid groups (broad SMARTS) is 1. The van der Waals surface area contributed by atoms with Crippen LogP contribution in [0.3, 0.4) is 0 Å². The van der Waals surface area contributed by atoms with Crippen molar-refractivity contribution in [1.29, 1.82) is 0 Å². The van der Waals surface area contributed by atoms with E-state index in [4.69, 9.17) is 9.84 Å². The molecule has 0 radical (unpaired) electrons. The molecule has 0 aliphatic rings. The van der Waals surface area contributed by atoms with Gasteiger partial charge in [-0.15, -0.1) is 0 Å².